The fourth-order valence-corrected chi connectivity index (χ4v) is 2.44. The monoisotopic (exact) mass is 352 g/mol. The SMILES string of the molecule is CCNC(=NCc1ccc(C(N)=O)o1)NCCCOCC1CCOC1. The summed E-state index contributed by atoms with van der Waals surface area (Å²) in [5, 5.41) is 6.42. The number of nitrogens with two attached hydrogens (primary N) is 1. The first-order chi connectivity index (χ1) is 12.2. The molecule has 8 nitrogen and oxygen atoms in total. The van der Waals surface area contributed by atoms with Crippen LogP contribution < -0.4 is 16.4 Å². The third-order valence-corrected chi connectivity index (χ3v) is 3.78. The van der Waals surface area contributed by atoms with Gasteiger partial charge in [-0.2, -0.15) is 0 Å². The second-order valence-corrected chi connectivity index (χ2v) is 5.91. The van der Waals surface area contributed by atoms with Crippen LogP contribution in [0.5, 0.6) is 0 Å². The molecule has 2 rings (SSSR count). The summed E-state index contributed by atoms with van der Waals surface area (Å²) in [6.45, 7) is 7.02. The normalized spacial score (nSPS) is 17.6. The van der Waals surface area contributed by atoms with E-state index in [9.17, 15) is 4.79 Å². The van der Waals surface area contributed by atoms with Gasteiger partial charge < -0.3 is 30.3 Å². The van der Waals surface area contributed by atoms with E-state index in [0.29, 0.717) is 30.8 Å². The minimum absolute atomic E-state index is 0.146. The van der Waals surface area contributed by atoms with Crippen LogP contribution >= 0.6 is 0 Å². The lowest BCUT2D eigenvalue weighted by Gasteiger charge is -2.12. The third kappa shape index (κ3) is 7.15. The fraction of sp³-hybridized carbons (Fsp3) is 0.647. The Kier molecular flexibility index (Phi) is 8.27. The lowest BCUT2D eigenvalue weighted by atomic mass is 10.1. The van der Waals surface area contributed by atoms with Crippen molar-refractivity contribution in [3.8, 4) is 0 Å². The number of rotatable bonds is 10. The van der Waals surface area contributed by atoms with Gasteiger partial charge in [-0.15, -0.1) is 0 Å². The molecule has 0 bridgehead atoms. The van der Waals surface area contributed by atoms with E-state index < -0.39 is 5.91 Å². The number of primary amides is 1. The maximum absolute atomic E-state index is 11.0. The van der Waals surface area contributed by atoms with Gasteiger partial charge in [0.1, 0.15) is 12.3 Å². The number of carbonyl (C=O) groups is 1. The van der Waals surface area contributed by atoms with E-state index in [1.165, 1.54) is 0 Å². The van der Waals surface area contributed by atoms with Gasteiger partial charge in [-0.3, -0.25) is 4.79 Å². The number of ether oxygens (including phenoxy) is 2. The van der Waals surface area contributed by atoms with E-state index in [-0.39, 0.29) is 5.76 Å². The zero-order valence-electron chi connectivity index (χ0n) is 14.8. The van der Waals surface area contributed by atoms with Crippen molar-refractivity contribution < 1.29 is 18.7 Å². The van der Waals surface area contributed by atoms with Gasteiger partial charge in [-0.1, -0.05) is 0 Å². The first kappa shape index (κ1) is 19.3. The predicted octanol–water partition coefficient (Wildman–Crippen LogP) is 0.877. The largest absolute Gasteiger partial charge is 0.454 e. The van der Waals surface area contributed by atoms with Crippen LogP contribution in [0.25, 0.3) is 0 Å². The molecule has 1 aliphatic rings. The summed E-state index contributed by atoms with van der Waals surface area (Å²) in [6.07, 6.45) is 1.99. The molecule has 1 aromatic rings. The molecule has 2 heterocycles. The fourth-order valence-electron chi connectivity index (χ4n) is 2.44. The van der Waals surface area contributed by atoms with Crippen molar-refractivity contribution in [2.24, 2.45) is 16.6 Å². The molecule has 25 heavy (non-hydrogen) atoms. The summed E-state index contributed by atoms with van der Waals surface area (Å²) in [6, 6.07) is 3.26. The van der Waals surface area contributed by atoms with Crippen LogP contribution in [0.3, 0.4) is 0 Å². The number of nitrogens with zero attached hydrogens (tertiary/aromatic N) is 1. The molecule has 1 atom stereocenters. The van der Waals surface area contributed by atoms with Gasteiger partial charge in [-0.25, -0.2) is 4.99 Å². The van der Waals surface area contributed by atoms with Crippen molar-refractivity contribution in [3.05, 3.63) is 23.7 Å². The van der Waals surface area contributed by atoms with Crippen molar-refractivity contribution in [1.29, 1.82) is 0 Å². The minimum atomic E-state index is -0.579. The Bertz CT molecular complexity index is 553. The molecular formula is C17H28N4O4. The van der Waals surface area contributed by atoms with E-state index in [1.54, 1.807) is 12.1 Å². The van der Waals surface area contributed by atoms with Gasteiger partial charge in [0, 0.05) is 32.2 Å². The first-order valence-electron chi connectivity index (χ1n) is 8.75. The second-order valence-electron chi connectivity index (χ2n) is 5.91. The Hall–Kier alpha value is -2.06. The van der Waals surface area contributed by atoms with Crippen LogP contribution in [0.15, 0.2) is 21.5 Å². The Balaban J connectivity index is 1.65. The van der Waals surface area contributed by atoms with Crippen molar-refractivity contribution in [1.82, 2.24) is 10.6 Å². The number of nitrogens with one attached hydrogen (secondary N) is 2. The molecule has 1 saturated heterocycles. The molecule has 0 radical (unpaired) electrons. The lowest BCUT2D eigenvalue weighted by molar-refractivity contribution is 0.0888. The van der Waals surface area contributed by atoms with E-state index in [0.717, 1.165) is 45.8 Å². The average molecular weight is 352 g/mol. The van der Waals surface area contributed by atoms with Crippen molar-refractivity contribution >= 4 is 11.9 Å². The Morgan fingerprint density at radius 3 is 3.00 bits per heavy atom. The zero-order chi connectivity index (χ0) is 17.9. The van der Waals surface area contributed by atoms with Crippen LogP contribution in [-0.4, -0.2) is 51.4 Å². The van der Waals surface area contributed by atoms with Gasteiger partial charge in [0.2, 0.25) is 0 Å². The van der Waals surface area contributed by atoms with E-state index in [1.807, 2.05) is 6.92 Å². The van der Waals surface area contributed by atoms with Crippen molar-refractivity contribution in [2.75, 3.05) is 39.5 Å². The molecular weight excluding hydrogens is 324 g/mol. The summed E-state index contributed by atoms with van der Waals surface area (Å²) in [7, 11) is 0. The number of hydrogen-bond donors (Lipinski definition) is 3. The average Bonchev–Trinajstić information content (AvgIpc) is 3.27. The minimum Gasteiger partial charge on any atom is -0.454 e. The Morgan fingerprint density at radius 2 is 2.32 bits per heavy atom. The summed E-state index contributed by atoms with van der Waals surface area (Å²) in [4.78, 5) is 15.4. The van der Waals surface area contributed by atoms with E-state index >= 15 is 0 Å². The third-order valence-electron chi connectivity index (χ3n) is 3.78. The van der Waals surface area contributed by atoms with Crippen molar-refractivity contribution in [2.45, 2.75) is 26.3 Å². The number of aliphatic imine (C=N–C) groups is 1. The van der Waals surface area contributed by atoms with Crippen LogP contribution in [-0.2, 0) is 16.0 Å². The van der Waals surface area contributed by atoms with Crippen LogP contribution in [0.4, 0.5) is 0 Å². The lowest BCUT2D eigenvalue weighted by Crippen LogP contribution is -2.38. The summed E-state index contributed by atoms with van der Waals surface area (Å²) >= 11 is 0. The van der Waals surface area contributed by atoms with E-state index in [2.05, 4.69) is 15.6 Å². The molecule has 1 aromatic heterocycles. The quantitative estimate of drug-likeness (QED) is 0.327. The summed E-state index contributed by atoms with van der Waals surface area (Å²) < 4.78 is 16.3. The van der Waals surface area contributed by atoms with Gasteiger partial charge in [0.15, 0.2) is 11.7 Å². The predicted molar refractivity (Wildman–Crippen MR) is 94.4 cm³/mol. The molecule has 0 aromatic carbocycles. The number of furan rings is 1. The van der Waals surface area contributed by atoms with Crippen molar-refractivity contribution in [3.63, 3.8) is 0 Å². The molecule has 1 unspecified atom stereocenters. The number of carbonyl (C=O) groups excluding carboxylic acids is 1. The Morgan fingerprint density at radius 1 is 1.44 bits per heavy atom. The van der Waals surface area contributed by atoms with E-state index in [4.69, 9.17) is 19.6 Å². The molecule has 0 aliphatic carbocycles. The molecule has 0 spiro atoms. The molecule has 140 valence electrons. The summed E-state index contributed by atoms with van der Waals surface area (Å²) in [5.41, 5.74) is 5.16. The van der Waals surface area contributed by atoms with Crippen LogP contribution in [0, 0.1) is 5.92 Å². The molecule has 1 fully saturated rings. The molecule has 4 N–H and O–H groups in total. The highest BCUT2D eigenvalue weighted by molar-refractivity contribution is 5.89. The van der Waals surface area contributed by atoms with Crippen LogP contribution in [0.2, 0.25) is 0 Å². The highest BCUT2D eigenvalue weighted by Crippen LogP contribution is 2.12. The highest BCUT2D eigenvalue weighted by Gasteiger charge is 2.15. The second kappa shape index (κ2) is 10.7. The molecule has 1 amide bonds. The first-order valence-corrected chi connectivity index (χ1v) is 8.75. The Labute approximate surface area is 148 Å². The van der Waals surface area contributed by atoms with Gasteiger partial charge in [-0.05, 0) is 31.9 Å². The molecule has 8 heteroatoms. The number of guanidine groups is 1. The highest BCUT2D eigenvalue weighted by atomic mass is 16.5. The van der Waals surface area contributed by atoms with Gasteiger partial charge >= 0.3 is 0 Å². The number of hydrogen-bond acceptors (Lipinski definition) is 5. The van der Waals surface area contributed by atoms with Crippen LogP contribution in [0.1, 0.15) is 36.1 Å². The molecule has 0 saturated carbocycles. The zero-order valence-corrected chi connectivity index (χ0v) is 14.8. The summed E-state index contributed by atoms with van der Waals surface area (Å²) in [5.74, 6) is 1.40. The number of amides is 1. The maximum Gasteiger partial charge on any atom is 0.284 e. The topological polar surface area (TPSA) is 111 Å². The standard InChI is InChI=1S/C17H28N4O4/c1-2-19-17(21-10-14-4-5-15(25-14)16(18)22)20-7-3-8-23-11-13-6-9-24-12-13/h4-5,13H,2-3,6-12H2,1H3,(H2,18,22)(H2,19,20,21). The van der Waals surface area contributed by atoms with Gasteiger partial charge in [0.05, 0.1) is 13.2 Å². The molecule has 1 aliphatic heterocycles. The van der Waals surface area contributed by atoms with Gasteiger partial charge in [0.25, 0.3) is 5.91 Å². The maximum atomic E-state index is 11.0. The smallest absolute Gasteiger partial charge is 0.284 e.